The molecule has 0 radical (unpaired) electrons. The third kappa shape index (κ3) is 2.16. The number of hydrogen-bond acceptors (Lipinski definition) is 4. The molecule has 1 heterocycles. The Bertz CT molecular complexity index is 294. The smallest absolute Gasteiger partial charge is 0.379 e. The van der Waals surface area contributed by atoms with Gasteiger partial charge in [0.15, 0.2) is 0 Å². The molecule has 0 atom stereocenters. The topological polar surface area (TPSA) is 56.3 Å². The number of pyridine rings is 1. The van der Waals surface area contributed by atoms with E-state index in [9.17, 15) is 9.59 Å². The quantitative estimate of drug-likeness (QED) is 0.475. The summed E-state index contributed by atoms with van der Waals surface area (Å²) < 4.78 is 4.62. The van der Waals surface area contributed by atoms with E-state index in [1.54, 1.807) is 18.3 Å². The predicted octanol–water partition coefficient (Wildman–Crippen LogP) is 0.576. The monoisotopic (exact) mass is 165 g/mol. The van der Waals surface area contributed by atoms with Gasteiger partial charge >= 0.3 is 5.97 Å². The summed E-state index contributed by atoms with van der Waals surface area (Å²) in [5.74, 6) is -1.22. The number of esters is 1. The van der Waals surface area contributed by atoms with Crippen molar-refractivity contribution < 1.29 is 14.3 Å². The van der Waals surface area contributed by atoms with Gasteiger partial charge in [-0.15, -0.1) is 0 Å². The van der Waals surface area contributed by atoms with Crippen LogP contribution in [0.5, 0.6) is 5.75 Å². The molecule has 0 unspecified atom stereocenters. The molecule has 0 amide bonds. The van der Waals surface area contributed by atoms with Crippen molar-refractivity contribution >= 4 is 11.8 Å². The molecule has 1 rings (SSSR count). The molecule has 0 saturated carbocycles. The average molecular weight is 165 g/mol. The van der Waals surface area contributed by atoms with Crippen LogP contribution in [-0.2, 0) is 9.59 Å². The normalized spacial score (nSPS) is 9.08. The van der Waals surface area contributed by atoms with Crippen molar-refractivity contribution in [1.29, 1.82) is 0 Å². The molecular formula is C8H7NO3. The van der Waals surface area contributed by atoms with Crippen LogP contribution in [0, 0.1) is 0 Å². The van der Waals surface area contributed by atoms with Crippen molar-refractivity contribution in [3.63, 3.8) is 0 Å². The van der Waals surface area contributed by atoms with Crippen LogP contribution in [0.1, 0.15) is 6.92 Å². The maximum atomic E-state index is 10.7. The van der Waals surface area contributed by atoms with Gasteiger partial charge in [-0.25, -0.2) is 4.79 Å². The average Bonchev–Trinajstić information content (AvgIpc) is 2.06. The SMILES string of the molecule is CC(=O)C(=O)Oc1cccnc1. The number of ether oxygens (including phenoxy) is 1. The molecule has 4 nitrogen and oxygen atoms in total. The summed E-state index contributed by atoms with van der Waals surface area (Å²) in [6.07, 6.45) is 2.91. The number of nitrogens with zero attached hydrogens (tertiary/aromatic N) is 1. The van der Waals surface area contributed by atoms with E-state index in [4.69, 9.17) is 0 Å². The molecule has 0 aromatic carbocycles. The van der Waals surface area contributed by atoms with Gasteiger partial charge < -0.3 is 4.74 Å². The summed E-state index contributed by atoms with van der Waals surface area (Å²) in [5.41, 5.74) is 0. The van der Waals surface area contributed by atoms with E-state index in [-0.39, 0.29) is 5.75 Å². The van der Waals surface area contributed by atoms with Crippen molar-refractivity contribution in [2.75, 3.05) is 0 Å². The number of rotatable bonds is 2. The minimum absolute atomic E-state index is 0.276. The van der Waals surface area contributed by atoms with Crippen molar-refractivity contribution in [2.45, 2.75) is 6.92 Å². The maximum absolute atomic E-state index is 10.7. The fraction of sp³-hybridized carbons (Fsp3) is 0.125. The van der Waals surface area contributed by atoms with Crippen LogP contribution in [0.15, 0.2) is 24.5 Å². The lowest BCUT2D eigenvalue weighted by molar-refractivity contribution is -0.146. The van der Waals surface area contributed by atoms with Crippen molar-refractivity contribution in [2.24, 2.45) is 0 Å². The lowest BCUT2D eigenvalue weighted by Crippen LogP contribution is -2.16. The zero-order valence-electron chi connectivity index (χ0n) is 6.48. The molecular weight excluding hydrogens is 158 g/mol. The molecule has 0 saturated heterocycles. The van der Waals surface area contributed by atoms with Gasteiger partial charge in [-0.2, -0.15) is 0 Å². The highest BCUT2D eigenvalue weighted by atomic mass is 16.5. The molecule has 0 N–H and O–H groups in total. The zero-order chi connectivity index (χ0) is 8.97. The second-order valence-corrected chi connectivity index (χ2v) is 2.13. The molecule has 12 heavy (non-hydrogen) atoms. The molecule has 1 aromatic rings. The van der Waals surface area contributed by atoms with Gasteiger partial charge in [-0.3, -0.25) is 9.78 Å². The van der Waals surface area contributed by atoms with Gasteiger partial charge in [0.2, 0.25) is 5.78 Å². The molecule has 62 valence electrons. The minimum atomic E-state index is -0.872. The fourth-order valence-corrected chi connectivity index (χ4v) is 0.586. The standard InChI is InChI=1S/C8H7NO3/c1-6(10)8(11)12-7-3-2-4-9-5-7/h2-5H,1H3. The molecule has 0 bridgehead atoms. The van der Waals surface area contributed by atoms with Crippen LogP contribution in [-0.4, -0.2) is 16.7 Å². The minimum Gasteiger partial charge on any atom is -0.419 e. The summed E-state index contributed by atoms with van der Waals surface area (Å²) in [7, 11) is 0. The highest BCUT2D eigenvalue weighted by Gasteiger charge is 2.09. The van der Waals surface area contributed by atoms with E-state index in [1.165, 1.54) is 6.20 Å². The number of Topliss-reactive ketones (excluding diaryl/α,β-unsaturated/α-hetero) is 1. The largest absolute Gasteiger partial charge is 0.419 e. The summed E-state index contributed by atoms with van der Waals surface area (Å²) in [6, 6.07) is 3.16. The Morgan fingerprint density at radius 1 is 1.50 bits per heavy atom. The van der Waals surface area contributed by atoms with Gasteiger partial charge in [-0.05, 0) is 12.1 Å². The Morgan fingerprint density at radius 2 is 2.25 bits per heavy atom. The van der Waals surface area contributed by atoms with Crippen LogP contribution in [0.4, 0.5) is 0 Å². The number of ketones is 1. The van der Waals surface area contributed by atoms with Gasteiger partial charge in [0, 0.05) is 13.1 Å². The lowest BCUT2D eigenvalue weighted by atomic mass is 10.4. The Kier molecular flexibility index (Phi) is 2.53. The van der Waals surface area contributed by atoms with Gasteiger partial charge in [0.05, 0.1) is 6.20 Å². The van der Waals surface area contributed by atoms with Crippen LogP contribution >= 0.6 is 0 Å². The zero-order valence-corrected chi connectivity index (χ0v) is 6.48. The van der Waals surface area contributed by atoms with E-state index in [2.05, 4.69) is 9.72 Å². The van der Waals surface area contributed by atoms with Crippen molar-refractivity contribution in [3.8, 4) is 5.75 Å². The molecule has 0 spiro atoms. The summed E-state index contributed by atoms with van der Waals surface area (Å²) >= 11 is 0. The van der Waals surface area contributed by atoms with Gasteiger partial charge in [-0.1, -0.05) is 0 Å². The Labute approximate surface area is 69.2 Å². The predicted molar refractivity (Wildman–Crippen MR) is 40.6 cm³/mol. The third-order valence-corrected chi connectivity index (χ3v) is 1.13. The first-order valence-corrected chi connectivity index (χ1v) is 3.33. The number of carbonyl (C=O) groups is 2. The van der Waals surface area contributed by atoms with E-state index in [0.717, 1.165) is 6.92 Å². The Hall–Kier alpha value is -1.71. The van der Waals surface area contributed by atoms with E-state index in [1.807, 2.05) is 0 Å². The van der Waals surface area contributed by atoms with Crippen LogP contribution < -0.4 is 4.74 Å². The highest BCUT2D eigenvalue weighted by molar-refractivity contribution is 6.33. The molecule has 4 heteroatoms. The fourth-order valence-electron chi connectivity index (χ4n) is 0.586. The Balaban J connectivity index is 2.65. The molecule has 0 aliphatic heterocycles. The third-order valence-electron chi connectivity index (χ3n) is 1.13. The van der Waals surface area contributed by atoms with Crippen LogP contribution in [0.3, 0.4) is 0 Å². The summed E-state index contributed by atoms with van der Waals surface area (Å²) in [6.45, 7) is 1.15. The second kappa shape index (κ2) is 3.61. The number of aromatic nitrogens is 1. The van der Waals surface area contributed by atoms with Gasteiger partial charge in [0.1, 0.15) is 5.75 Å². The summed E-state index contributed by atoms with van der Waals surface area (Å²) in [4.78, 5) is 24.9. The first-order chi connectivity index (χ1) is 5.70. The lowest BCUT2D eigenvalue weighted by Gasteiger charge is -1.98. The van der Waals surface area contributed by atoms with Crippen LogP contribution in [0.2, 0.25) is 0 Å². The first-order valence-electron chi connectivity index (χ1n) is 3.33. The second-order valence-electron chi connectivity index (χ2n) is 2.13. The number of carbonyl (C=O) groups excluding carboxylic acids is 2. The molecule has 0 aliphatic rings. The van der Waals surface area contributed by atoms with E-state index < -0.39 is 11.8 Å². The maximum Gasteiger partial charge on any atom is 0.379 e. The summed E-state index contributed by atoms with van der Waals surface area (Å²) in [5, 5.41) is 0. The van der Waals surface area contributed by atoms with Crippen molar-refractivity contribution in [1.82, 2.24) is 4.98 Å². The van der Waals surface area contributed by atoms with Crippen LogP contribution in [0.25, 0.3) is 0 Å². The highest BCUT2D eigenvalue weighted by Crippen LogP contribution is 2.05. The Morgan fingerprint density at radius 3 is 2.75 bits per heavy atom. The first kappa shape index (κ1) is 8.39. The molecule has 1 aromatic heterocycles. The van der Waals surface area contributed by atoms with E-state index in [0.29, 0.717) is 0 Å². The molecule has 0 aliphatic carbocycles. The van der Waals surface area contributed by atoms with Crippen molar-refractivity contribution in [3.05, 3.63) is 24.5 Å². The number of hydrogen-bond donors (Lipinski definition) is 0. The van der Waals surface area contributed by atoms with Gasteiger partial charge in [0.25, 0.3) is 0 Å². The van der Waals surface area contributed by atoms with E-state index >= 15 is 0 Å². The molecule has 0 fully saturated rings.